The number of fused-ring (bicyclic) bond motifs is 1. The molecule has 3 aromatic rings. The standard InChI is InChI=1S/C13H10Cl2N4S/c1-7(8-2-3-10(15)16-4-8)19-12-11-9(14)5-20-13(11)18-6-17-12/h2-7H,1H3,(H,17,18,19). The maximum Gasteiger partial charge on any atom is 0.140 e. The highest BCUT2D eigenvalue weighted by atomic mass is 35.5. The van der Waals surface area contributed by atoms with E-state index in [0.29, 0.717) is 10.2 Å². The number of nitrogens with one attached hydrogen (secondary N) is 1. The Balaban J connectivity index is 1.93. The van der Waals surface area contributed by atoms with Crippen LogP contribution < -0.4 is 5.32 Å². The van der Waals surface area contributed by atoms with Crippen molar-refractivity contribution >= 4 is 50.6 Å². The Hall–Kier alpha value is -1.43. The summed E-state index contributed by atoms with van der Waals surface area (Å²) in [6.07, 6.45) is 3.28. The molecular weight excluding hydrogens is 315 g/mol. The highest BCUT2D eigenvalue weighted by Crippen LogP contribution is 2.34. The summed E-state index contributed by atoms with van der Waals surface area (Å²) >= 11 is 13.5. The molecule has 0 spiro atoms. The zero-order valence-corrected chi connectivity index (χ0v) is 12.8. The van der Waals surface area contributed by atoms with Crippen LogP contribution in [0.5, 0.6) is 0 Å². The number of pyridine rings is 1. The van der Waals surface area contributed by atoms with Crippen molar-refractivity contribution in [2.45, 2.75) is 13.0 Å². The van der Waals surface area contributed by atoms with Crippen molar-refractivity contribution in [2.75, 3.05) is 5.32 Å². The highest BCUT2D eigenvalue weighted by Gasteiger charge is 2.13. The molecule has 1 atom stereocenters. The first-order valence-electron chi connectivity index (χ1n) is 5.91. The third kappa shape index (κ3) is 2.57. The molecule has 0 bridgehead atoms. The molecule has 0 amide bonds. The average molecular weight is 325 g/mol. The summed E-state index contributed by atoms with van der Waals surface area (Å²) in [7, 11) is 0. The molecule has 3 rings (SSSR count). The molecule has 3 heterocycles. The molecule has 1 N–H and O–H groups in total. The molecule has 0 aromatic carbocycles. The molecule has 3 aromatic heterocycles. The van der Waals surface area contributed by atoms with E-state index in [9.17, 15) is 0 Å². The fraction of sp³-hybridized carbons (Fsp3) is 0.154. The van der Waals surface area contributed by atoms with Crippen LogP contribution >= 0.6 is 34.5 Å². The van der Waals surface area contributed by atoms with Gasteiger partial charge in [-0.15, -0.1) is 11.3 Å². The molecule has 0 saturated carbocycles. The van der Waals surface area contributed by atoms with Gasteiger partial charge in [-0.05, 0) is 18.6 Å². The molecule has 0 aliphatic rings. The second kappa shape index (κ2) is 5.52. The number of rotatable bonds is 3. The zero-order chi connectivity index (χ0) is 14.1. The summed E-state index contributed by atoms with van der Waals surface area (Å²) < 4.78 is 0. The molecule has 7 heteroatoms. The minimum absolute atomic E-state index is 0.0360. The largest absolute Gasteiger partial charge is 0.363 e. The smallest absolute Gasteiger partial charge is 0.140 e. The van der Waals surface area contributed by atoms with E-state index >= 15 is 0 Å². The molecular formula is C13H10Cl2N4S. The van der Waals surface area contributed by atoms with Crippen molar-refractivity contribution in [1.82, 2.24) is 15.0 Å². The number of nitrogens with zero attached hydrogens (tertiary/aromatic N) is 3. The normalized spacial score (nSPS) is 12.6. The SMILES string of the molecule is CC(Nc1ncnc2scc(Cl)c12)c1ccc(Cl)nc1. The Morgan fingerprint density at radius 3 is 2.80 bits per heavy atom. The average Bonchev–Trinajstić information content (AvgIpc) is 2.82. The number of halogens is 2. The molecule has 0 aliphatic heterocycles. The monoisotopic (exact) mass is 324 g/mol. The van der Waals surface area contributed by atoms with Crippen LogP contribution in [0, 0.1) is 0 Å². The van der Waals surface area contributed by atoms with Gasteiger partial charge < -0.3 is 5.32 Å². The summed E-state index contributed by atoms with van der Waals surface area (Å²) in [5, 5.41) is 7.19. The van der Waals surface area contributed by atoms with E-state index in [1.165, 1.54) is 17.7 Å². The third-order valence-electron chi connectivity index (χ3n) is 2.93. The quantitative estimate of drug-likeness (QED) is 0.717. The molecule has 0 aliphatic carbocycles. The van der Waals surface area contributed by atoms with Gasteiger partial charge in [0, 0.05) is 11.6 Å². The van der Waals surface area contributed by atoms with Gasteiger partial charge in [0.2, 0.25) is 0 Å². The van der Waals surface area contributed by atoms with Gasteiger partial charge in [0.15, 0.2) is 0 Å². The zero-order valence-electron chi connectivity index (χ0n) is 10.5. The Morgan fingerprint density at radius 2 is 2.05 bits per heavy atom. The number of hydrogen-bond donors (Lipinski definition) is 1. The summed E-state index contributed by atoms with van der Waals surface area (Å²) in [6.45, 7) is 2.03. The Bertz CT molecular complexity index is 742. The first kappa shape index (κ1) is 13.5. The summed E-state index contributed by atoms with van der Waals surface area (Å²) in [4.78, 5) is 13.4. The van der Waals surface area contributed by atoms with Crippen molar-refractivity contribution in [3.8, 4) is 0 Å². The maximum absolute atomic E-state index is 6.19. The summed E-state index contributed by atoms with van der Waals surface area (Å²) in [5.74, 6) is 0.726. The third-order valence-corrected chi connectivity index (χ3v) is 4.47. The number of thiophene rings is 1. The topological polar surface area (TPSA) is 50.7 Å². The van der Waals surface area contributed by atoms with Crippen molar-refractivity contribution in [3.05, 3.63) is 45.8 Å². The molecule has 1 unspecified atom stereocenters. The van der Waals surface area contributed by atoms with Crippen LogP contribution in [0.1, 0.15) is 18.5 Å². The lowest BCUT2D eigenvalue weighted by Crippen LogP contribution is -2.08. The van der Waals surface area contributed by atoms with Gasteiger partial charge in [0.1, 0.15) is 22.1 Å². The molecule has 4 nitrogen and oxygen atoms in total. The second-order valence-electron chi connectivity index (χ2n) is 4.27. The van der Waals surface area contributed by atoms with Gasteiger partial charge in [-0.3, -0.25) is 0 Å². The fourth-order valence-corrected chi connectivity index (χ4v) is 3.13. The van der Waals surface area contributed by atoms with Gasteiger partial charge in [-0.25, -0.2) is 15.0 Å². The Labute approximate surface area is 129 Å². The molecule has 0 saturated heterocycles. The lowest BCUT2D eigenvalue weighted by atomic mass is 10.1. The van der Waals surface area contributed by atoms with Crippen LogP contribution in [0.3, 0.4) is 0 Å². The number of anilines is 1. The van der Waals surface area contributed by atoms with Gasteiger partial charge in [0.25, 0.3) is 0 Å². The van der Waals surface area contributed by atoms with Crippen molar-refractivity contribution in [1.29, 1.82) is 0 Å². The number of hydrogen-bond acceptors (Lipinski definition) is 5. The van der Waals surface area contributed by atoms with Crippen LogP contribution in [0.4, 0.5) is 5.82 Å². The van der Waals surface area contributed by atoms with E-state index in [1.807, 2.05) is 18.4 Å². The predicted octanol–water partition coefficient (Wildman–Crippen LogP) is 4.57. The van der Waals surface area contributed by atoms with Crippen LogP contribution in [-0.4, -0.2) is 15.0 Å². The molecule has 0 radical (unpaired) electrons. The molecule has 102 valence electrons. The second-order valence-corrected chi connectivity index (χ2v) is 5.92. The van der Waals surface area contributed by atoms with E-state index in [4.69, 9.17) is 23.2 Å². The minimum Gasteiger partial charge on any atom is -0.363 e. The van der Waals surface area contributed by atoms with Crippen molar-refractivity contribution in [3.63, 3.8) is 0 Å². The van der Waals surface area contributed by atoms with Crippen LogP contribution in [0.15, 0.2) is 30.0 Å². The van der Waals surface area contributed by atoms with Gasteiger partial charge in [-0.2, -0.15) is 0 Å². The van der Waals surface area contributed by atoms with Crippen LogP contribution in [-0.2, 0) is 0 Å². The Kier molecular flexibility index (Phi) is 3.74. The molecule has 0 fully saturated rings. The summed E-state index contributed by atoms with van der Waals surface area (Å²) in [5.41, 5.74) is 1.02. The Morgan fingerprint density at radius 1 is 1.20 bits per heavy atom. The van der Waals surface area contributed by atoms with E-state index in [1.54, 1.807) is 12.3 Å². The minimum atomic E-state index is 0.0360. The molecule has 20 heavy (non-hydrogen) atoms. The van der Waals surface area contributed by atoms with Crippen molar-refractivity contribution < 1.29 is 0 Å². The number of aromatic nitrogens is 3. The van der Waals surface area contributed by atoms with E-state index in [2.05, 4.69) is 20.3 Å². The predicted molar refractivity (Wildman–Crippen MR) is 83.7 cm³/mol. The van der Waals surface area contributed by atoms with Gasteiger partial charge in [-0.1, -0.05) is 29.3 Å². The van der Waals surface area contributed by atoms with Gasteiger partial charge >= 0.3 is 0 Å². The summed E-state index contributed by atoms with van der Waals surface area (Å²) in [6, 6.07) is 3.73. The van der Waals surface area contributed by atoms with E-state index in [-0.39, 0.29) is 6.04 Å². The lowest BCUT2D eigenvalue weighted by molar-refractivity contribution is 0.868. The lowest BCUT2D eigenvalue weighted by Gasteiger charge is -2.15. The first-order valence-corrected chi connectivity index (χ1v) is 7.54. The van der Waals surface area contributed by atoms with Crippen LogP contribution in [0.25, 0.3) is 10.2 Å². The highest BCUT2D eigenvalue weighted by molar-refractivity contribution is 7.17. The van der Waals surface area contributed by atoms with Gasteiger partial charge in [0.05, 0.1) is 16.5 Å². The fourth-order valence-electron chi connectivity index (χ4n) is 1.88. The first-order chi connectivity index (χ1) is 9.65. The maximum atomic E-state index is 6.19. The van der Waals surface area contributed by atoms with Crippen molar-refractivity contribution in [2.24, 2.45) is 0 Å². The van der Waals surface area contributed by atoms with Crippen LogP contribution in [0.2, 0.25) is 10.2 Å². The van der Waals surface area contributed by atoms with E-state index in [0.717, 1.165) is 21.6 Å². The van der Waals surface area contributed by atoms with E-state index < -0.39 is 0 Å².